The van der Waals surface area contributed by atoms with Crippen LogP contribution >= 0.6 is 0 Å². The van der Waals surface area contributed by atoms with E-state index < -0.39 is 6.29 Å². The van der Waals surface area contributed by atoms with E-state index in [1.54, 1.807) is 12.1 Å². The molecule has 3 heteroatoms. The molecule has 1 aromatic rings. The Morgan fingerprint density at radius 2 is 2.07 bits per heavy atom. The molecule has 2 rings (SSSR count). The Hall–Kier alpha value is -1.06. The Morgan fingerprint density at radius 1 is 1.33 bits per heavy atom. The zero-order valence-electron chi connectivity index (χ0n) is 8.81. The van der Waals surface area contributed by atoms with Crippen LogP contribution < -0.4 is 4.74 Å². The lowest BCUT2D eigenvalue weighted by molar-refractivity contribution is -0.0455. The quantitative estimate of drug-likeness (QED) is 0.746. The summed E-state index contributed by atoms with van der Waals surface area (Å²) in [5, 5.41) is 18.4. The van der Waals surface area contributed by atoms with Crippen LogP contribution in [0.3, 0.4) is 0 Å². The molecule has 1 fully saturated rings. The number of aliphatic hydroxyl groups excluding tert-OH is 1. The average Bonchev–Trinajstić information content (AvgIpc) is 2.12. The SMILES string of the molecule is Cc1cccc(C(O)O)c1OC1CCC1. The van der Waals surface area contributed by atoms with Crippen LogP contribution in [0, 0.1) is 6.92 Å². The molecule has 0 amide bonds. The van der Waals surface area contributed by atoms with Gasteiger partial charge < -0.3 is 14.9 Å². The van der Waals surface area contributed by atoms with Crippen molar-refractivity contribution in [1.29, 1.82) is 0 Å². The molecular weight excluding hydrogens is 192 g/mol. The van der Waals surface area contributed by atoms with Gasteiger partial charge in [0.05, 0.1) is 6.10 Å². The van der Waals surface area contributed by atoms with Crippen LogP contribution in [0.5, 0.6) is 5.75 Å². The minimum atomic E-state index is -1.46. The summed E-state index contributed by atoms with van der Waals surface area (Å²) in [4.78, 5) is 0. The molecule has 3 nitrogen and oxygen atoms in total. The lowest BCUT2D eigenvalue weighted by Crippen LogP contribution is -2.25. The maximum Gasteiger partial charge on any atom is 0.182 e. The number of aliphatic hydroxyl groups is 2. The zero-order valence-corrected chi connectivity index (χ0v) is 8.81. The Bertz CT molecular complexity index is 343. The number of benzene rings is 1. The Morgan fingerprint density at radius 3 is 2.60 bits per heavy atom. The van der Waals surface area contributed by atoms with E-state index in [-0.39, 0.29) is 6.10 Å². The van der Waals surface area contributed by atoms with Crippen LogP contribution in [0.25, 0.3) is 0 Å². The van der Waals surface area contributed by atoms with E-state index in [0.29, 0.717) is 11.3 Å². The van der Waals surface area contributed by atoms with Gasteiger partial charge in [-0.05, 0) is 31.7 Å². The van der Waals surface area contributed by atoms with E-state index in [1.807, 2.05) is 13.0 Å². The van der Waals surface area contributed by atoms with Crippen LogP contribution in [0.15, 0.2) is 18.2 Å². The monoisotopic (exact) mass is 208 g/mol. The lowest BCUT2D eigenvalue weighted by Gasteiger charge is -2.28. The highest BCUT2D eigenvalue weighted by Crippen LogP contribution is 2.32. The van der Waals surface area contributed by atoms with Gasteiger partial charge in [0.15, 0.2) is 6.29 Å². The predicted molar refractivity (Wildman–Crippen MR) is 56.6 cm³/mol. The van der Waals surface area contributed by atoms with Crippen molar-refractivity contribution in [3.63, 3.8) is 0 Å². The first-order chi connectivity index (χ1) is 7.18. The fourth-order valence-electron chi connectivity index (χ4n) is 1.69. The van der Waals surface area contributed by atoms with Crippen molar-refractivity contribution in [3.8, 4) is 5.75 Å². The third-order valence-electron chi connectivity index (χ3n) is 2.86. The number of aryl methyl sites for hydroxylation is 1. The van der Waals surface area contributed by atoms with Crippen molar-refractivity contribution in [3.05, 3.63) is 29.3 Å². The topological polar surface area (TPSA) is 49.7 Å². The maximum absolute atomic E-state index is 9.21. The van der Waals surface area contributed by atoms with Crippen LogP contribution in [-0.4, -0.2) is 16.3 Å². The summed E-state index contributed by atoms with van der Waals surface area (Å²) in [6.07, 6.45) is 2.13. The summed E-state index contributed by atoms with van der Waals surface area (Å²) in [6.45, 7) is 1.92. The fourth-order valence-corrected chi connectivity index (χ4v) is 1.69. The summed E-state index contributed by atoms with van der Waals surface area (Å²) >= 11 is 0. The van der Waals surface area contributed by atoms with Crippen molar-refractivity contribution < 1.29 is 14.9 Å². The third-order valence-corrected chi connectivity index (χ3v) is 2.86. The molecule has 82 valence electrons. The summed E-state index contributed by atoms with van der Waals surface area (Å²) in [5.41, 5.74) is 1.41. The summed E-state index contributed by atoms with van der Waals surface area (Å²) in [6, 6.07) is 5.41. The van der Waals surface area contributed by atoms with Gasteiger partial charge in [-0.15, -0.1) is 0 Å². The van der Waals surface area contributed by atoms with Crippen LogP contribution in [0.1, 0.15) is 36.7 Å². The third kappa shape index (κ3) is 2.13. The summed E-state index contributed by atoms with van der Waals surface area (Å²) < 4.78 is 5.75. The first kappa shape index (κ1) is 10.5. The molecule has 0 atom stereocenters. The van der Waals surface area contributed by atoms with Gasteiger partial charge in [-0.1, -0.05) is 18.2 Å². The Balaban J connectivity index is 2.25. The Labute approximate surface area is 89.3 Å². The number of ether oxygens (including phenoxy) is 1. The molecule has 1 aromatic carbocycles. The number of hydrogen-bond donors (Lipinski definition) is 2. The second-order valence-electron chi connectivity index (χ2n) is 4.04. The van der Waals surface area contributed by atoms with Gasteiger partial charge in [-0.3, -0.25) is 0 Å². The largest absolute Gasteiger partial charge is 0.490 e. The molecule has 0 bridgehead atoms. The van der Waals surface area contributed by atoms with E-state index in [1.165, 1.54) is 6.42 Å². The van der Waals surface area contributed by atoms with Crippen molar-refractivity contribution in [2.24, 2.45) is 0 Å². The zero-order chi connectivity index (χ0) is 10.8. The molecule has 15 heavy (non-hydrogen) atoms. The van der Waals surface area contributed by atoms with Gasteiger partial charge in [0.25, 0.3) is 0 Å². The minimum absolute atomic E-state index is 0.253. The minimum Gasteiger partial charge on any atom is -0.490 e. The van der Waals surface area contributed by atoms with Crippen LogP contribution in [-0.2, 0) is 0 Å². The number of rotatable bonds is 3. The van der Waals surface area contributed by atoms with Crippen molar-refractivity contribution in [1.82, 2.24) is 0 Å². The van der Waals surface area contributed by atoms with E-state index >= 15 is 0 Å². The Kier molecular flexibility index (Phi) is 2.93. The normalized spacial score (nSPS) is 16.5. The maximum atomic E-state index is 9.21. The average molecular weight is 208 g/mol. The van der Waals surface area contributed by atoms with Gasteiger partial charge in [0.2, 0.25) is 0 Å². The highest BCUT2D eigenvalue weighted by atomic mass is 16.5. The molecule has 1 aliphatic rings. The molecule has 1 saturated carbocycles. The van der Waals surface area contributed by atoms with Crippen LogP contribution in [0.2, 0.25) is 0 Å². The van der Waals surface area contributed by atoms with Crippen molar-refractivity contribution in [2.45, 2.75) is 38.6 Å². The molecule has 2 N–H and O–H groups in total. The van der Waals surface area contributed by atoms with Crippen LogP contribution in [0.4, 0.5) is 0 Å². The molecule has 0 radical (unpaired) electrons. The van der Waals surface area contributed by atoms with E-state index in [2.05, 4.69) is 0 Å². The molecule has 0 unspecified atom stereocenters. The van der Waals surface area contributed by atoms with Gasteiger partial charge in [-0.2, -0.15) is 0 Å². The van der Waals surface area contributed by atoms with E-state index in [9.17, 15) is 10.2 Å². The number of hydrogen-bond acceptors (Lipinski definition) is 3. The van der Waals surface area contributed by atoms with Gasteiger partial charge in [0.1, 0.15) is 5.75 Å². The summed E-state index contributed by atoms with van der Waals surface area (Å²) in [7, 11) is 0. The second-order valence-corrected chi connectivity index (χ2v) is 4.04. The first-order valence-corrected chi connectivity index (χ1v) is 5.31. The molecule has 0 aromatic heterocycles. The summed E-state index contributed by atoms with van der Waals surface area (Å²) in [5.74, 6) is 0.636. The second kappa shape index (κ2) is 4.21. The standard InChI is InChI=1S/C12H16O3/c1-8-4-2-7-10(12(13)14)11(8)15-9-5-3-6-9/h2,4,7,9,12-14H,3,5-6H2,1H3. The molecule has 1 aliphatic carbocycles. The first-order valence-electron chi connectivity index (χ1n) is 5.31. The van der Waals surface area contributed by atoms with Gasteiger partial charge in [0, 0.05) is 5.56 Å². The van der Waals surface area contributed by atoms with E-state index in [0.717, 1.165) is 18.4 Å². The van der Waals surface area contributed by atoms with Gasteiger partial charge >= 0.3 is 0 Å². The smallest absolute Gasteiger partial charge is 0.182 e. The van der Waals surface area contributed by atoms with Crippen molar-refractivity contribution >= 4 is 0 Å². The highest BCUT2D eigenvalue weighted by molar-refractivity contribution is 5.41. The van der Waals surface area contributed by atoms with E-state index in [4.69, 9.17) is 4.74 Å². The predicted octanol–water partition coefficient (Wildman–Crippen LogP) is 1.91. The molecule has 0 aliphatic heterocycles. The molecule has 0 saturated heterocycles. The van der Waals surface area contributed by atoms with Crippen molar-refractivity contribution in [2.75, 3.05) is 0 Å². The molecular formula is C12H16O3. The molecule has 0 spiro atoms. The highest BCUT2D eigenvalue weighted by Gasteiger charge is 2.22. The lowest BCUT2D eigenvalue weighted by atomic mass is 9.96. The van der Waals surface area contributed by atoms with Gasteiger partial charge in [-0.25, -0.2) is 0 Å². The number of para-hydroxylation sites is 1. The fraction of sp³-hybridized carbons (Fsp3) is 0.500. The molecule has 0 heterocycles.